The third-order valence-corrected chi connectivity index (χ3v) is 5.93. The maximum absolute atomic E-state index is 13.7. The van der Waals surface area contributed by atoms with Crippen molar-refractivity contribution >= 4 is 33.3 Å². The highest BCUT2D eigenvalue weighted by Gasteiger charge is 2.97. The monoisotopic (exact) mass is 632 g/mol. The van der Waals surface area contributed by atoms with E-state index in [0.717, 1.165) is 0 Å². The molecular weight excluding hydrogens is 632 g/mol. The third-order valence-electron chi connectivity index (χ3n) is 3.81. The summed E-state index contributed by atoms with van der Waals surface area (Å²) in [7, 11) is -7.61. The number of alkyl halides is 21. The highest BCUT2D eigenvalue weighted by atomic mass is 35.5. The number of hydrogen-bond donors (Lipinski definition) is 1. The van der Waals surface area contributed by atoms with Gasteiger partial charge in [-0.05, 0) is 0 Å². The quantitative estimate of drug-likeness (QED) is 0.176. The Labute approximate surface area is 187 Å². The molecule has 0 aliphatic heterocycles. The molecule has 0 saturated heterocycles. The molecule has 0 amide bonds. The van der Waals surface area contributed by atoms with Gasteiger partial charge in [0, 0.05) is 0 Å². The smallest absolute Gasteiger partial charge is 0.281 e. The second-order valence-corrected chi connectivity index (χ2v) is 8.87. The average Bonchev–Trinajstić information content (AvgIpc) is 2.58. The van der Waals surface area contributed by atoms with Gasteiger partial charge in [-0.25, -0.2) is 0 Å². The van der Waals surface area contributed by atoms with Crippen LogP contribution in [0.4, 0.5) is 83.4 Å². The van der Waals surface area contributed by atoms with Gasteiger partial charge in [0.2, 0.25) is 0 Å². The van der Waals surface area contributed by atoms with Crippen LogP contribution in [0.5, 0.6) is 0 Å². The molecule has 0 aromatic heterocycles. The van der Waals surface area contributed by atoms with E-state index in [-0.39, 0.29) is 0 Å². The molecular formula is C10HCl2F19O3S. The molecule has 0 fully saturated rings. The minimum atomic E-state index is -9.14. The average molecular weight is 633 g/mol. The first-order valence-electron chi connectivity index (χ1n) is 6.94. The van der Waals surface area contributed by atoms with E-state index < -0.39 is 67.3 Å². The lowest BCUT2D eigenvalue weighted by molar-refractivity contribution is -0.462. The van der Waals surface area contributed by atoms with Crippen molar-refractivity contribution in [2.24, 2.45) is 0 Å². The van der Waals surface area contributed by atoms with Gasteiger partial charge in [0.1, 0.15) is 0 Å². The molecule has 0 saturated carbocycles. The van der Waals surface area contributed by atoms with Crippen LogP contribution >= 0.6 is 23.2 Å². The summed E-state index contributed by atoms with van der Waals surface area (Å²) in [5.74, 6) is -61.6. The van der Waals surface area contributed by atoms with E-state index in [1.807, 2.05) is 0 Å². The molecule has 25 heteroatoms. The van der Waals surface area contributed by atoms with Crippen LogP contribution in [0.3, 0.4) is 0 Å². The fraction of sp³-hybridized carbons (Fsp3) is 1.00. The van der Waals surface area contributed by atoms with Crippen LogP contribution in [0.1, 0.15) is 0 Å². The first-order chi connectivity index (χ1) is 14.5. The molecule has 3 nitrogen and oxygen atoms in total. The van der Waals surface area contributed by atoms with Crippen LogP contribution in [0.15, 0.2) is 0 Å². The van der Waals surface area contributed by atoms with E-state index in [2.05, 4.69) is 23.2 Å². The minimum absolute atomic E-state index is 3.85. The Balaban J connectivity index is 7.21. The molecule has 35 heavy (non-hydrogen) atoms. The van der Waals surface area contributed by atoms with Crippen molar-refractivity contribution in [1.82, 2.24) is 0 Å². The van der Waals surface area contributed by atoms with Crippen LogP contribution in [-0.4, -0.2) is 70.2 Å². The molecule has 0 bridgehead atoms. The highest BCUT2D eigenvalue weighted by Crippen LogP contribution is 2.67. The van der Waals surface area contributed by atoms with Gasteiger partial charge in [0.25, 0.3) is 4.33 Å². The Morgan fingerprint density at radius 1 is 0.429 bits per heavy atom. The predicted molar refractivity (Wildman–Crippen MR) is 71.6 cm³/mol. The largest absolute Gasteiger partial charge is 0.460 e. The second-order valence-electron chi connectivity index (χ2n) is 6.08. The van der Waals surface area contributed by atoms with Gasteiger partial charge >= 0.3 is 63.0 Å². The molecule has 0 aliphatic carbocycles. The molecule has 0 spiro atoms. The van der Waals surface area contributed by atoms with Crippen LogP contribution < -0.4 is 0 Å². The summed E-state index contributed by atoms with van der Waals surface area (Å²) in [6.45, 7) is 0. The Morgan fingerprint density at radius 3 is 0.829 bits per heavy atom. The molecule has 0 rings (SSSR count). The van der Waals surface area contributed by atoms with Crippen molar-refractivity contribution < 1.29 is 96.4 Å². The predicted octanol–water partition coefficient (Wildman–Crippen LogP) is 6.65. The summed E-state index contributed by atoms with van der Waals surface area (Å²) in [6.07, 6.45) is -8.00. The Hall–Kier alpha value is -0.840. The van der Waals surface area contributed by atoms with Gasteiger partial charge in [-0.3, -0.25) is 4.55 Å². The van der Waals surface area contributed by atoms with E-state index in [0.29, 0.717) is 0 Å². The number of rotatable bonds is 9. The fourth-order valence-electron chi connectivity index (χ4n) is 1.71. The zero-order valence-electron chi connectivity index (χ0n) is 14.6. The van der Waals surface area contributed by atoms with Crippen molar-refractivity contribution in [3.63, 3.8) is 0 Å². The summed E-state index contributed by atoms with van der Waals surface area (Å²) in [5.41, 5.74) is 0. The number of hydrogen-bond acceptors (Lipinski definition) is 2. The van der Waals surface area contributed by atoms with E-state index in [9.17, 15) is 91.8 Å². The van der Waals surface area contributed by atoms with Crippen molar-refractivity contribution in [3.05, 3.63) is 0 Å². The van der Waals surface area contributed by atoms with Crippen LogP contribution in [0, 0.1) is 0 Å². The van der Waals surface area contributed by atoms with Gasteiger partial charge in [-0.2, -0.15) is 91.8 Å². The normalized spacial score (nSPS) is 17.1. The molecule has 0 aromatic carbocycles. The molecule has 0 atom stereocenters. The fourth-order valence-corrected chi connectivity index (χ4v) is 2.98. The van der Waals surface area contributed by atoms with Crippen LogP contribution in [0.25, 0.3) is 0 Å². The Bertz CT molecular complexity index is 922. The molecule has 0 aliphatic rings. The maximum Gasteiger partial charge on any atom is 0.460 e. The van der Waals surface area contributed by atoms with E-state index in [4.69, 9.17) is 4.55 Å². The van der Waals surface area contributed by atoms with E-state index in [1.165, 1.54) is 0 Å². The van der Waals surface area contributed by atoms with Crippen LogP contribution in [-0.2, 0) is 10.1 Å². The Kier molecular flexibility index (Phi) is 7.88. The summed E-state index contributed by atoms with van der Waals surface area (Å²) in [5, 5.41) is -7.20. The first kappa shape index (κ1) is 34.2. The lowest BCUT2D eigenvalue weighted by Gasteiger charge is -2.45. The van der Waals surface area contributed by atoms with Gasteiger partial charge in [0.05, 0.1) is 0 Å². The standard InChI is InChI=1S/C10HCl2F19O3S/c11-1(12,10(30,31)35(32,33)34)2(13,14)3(15,16)4(17,18)5(19,20)6(21,22)7(23,24)8(25,26)9(27,28)29/h(H,32,33,34). The summed E-state index contributed by atoms with van der Waals surface area (Å²) in [6, 6.07) is 0. The lowest BCUT2D eigenvalue weighted by atomic mass is 9.88. The molecule has 0 aromatic rings. The van der Waals surface area contributed by atoms with Crippen molar-refractivity contribution in [2.75, 3.05) is 0 Å². The maximum atomic E-state index is 13.7. The lowest BCUT2D eigenvalue weighted by Crippen LogP contribution is -2.76. The molecule has 212 valence electrons. The van der Waals surface area contributed by atoms with Gasteiger partial charge < -0.3 is 0 Å². The highest BCUT2D eigenvalue weighted by molar-refractivity contribution is 7.87. The SMILES string of the molecule is O=S(=O)(O)C(F)(F)C(Cl)(Cl)C(F)(F)C(F)(F)C(F)(F)C(F)(F)C(F)(F)C(F)(F)C(F)(F)C(F)(F)F. The second kappa shape index (κ2) is 8.08. The topological polar surface area (TPSA) is 54.4 Å². The van der Waals surface area contributed by atoms with E-state index in [1.54, 1.807) is 0 Å². The summed E-state index contributed by atoms with van der Waals surface area (Å²) in [4.78, 5) is 0. The summed E-state index contributed by atoms with van der Waals surface area (Å²) < 4.78 is 270. The van der Waals surface area contributed by atoms with E-state index >= 15 is 0 Å². The number of halogens is 21. The molecule has 0 unspecified atom stereocenters. The minimum Gasteiger partial charge on any atom is -0.281 e. The van der Waals surface area contributed by atoms with Gasteiger partial charge in [0.15, 0.2) is 0 Å². The van der Waals surface area contributed by atoms with Crippen molar-refractivity contribution in [3.8, 4) is 0 Å². The van der Waals surface area contributed by atoms with Gasteiger partial charge in [-0.15, -0.1) is 0 Å². The third kappa shape index (κ3) is 4.05. The molecule has 0 heterocycles. The molecule has 1 N–H and O–H groups in total. The summed E-state index contributed by atoms with van der Waals surface area (Å²) >= 11 is 7.69. The van der Waals surface area contributed by atoms with Crippen molar-refractivity contribution in [1.29, 1.82) is 0 Å². The van der Waals surface area contributed by atoms with Gasteiger partial charge in [-0.1, -0.05) is 23.2 Å². The first-order valence-corrected chi connectivity index (χ1v) is 9.13. The zero-order valence-corrected chi connectivity index (χ0v) is 16.9. The van der Waals surface area contributed by atoms with Crippen molar-refractivity contribution in [2.45, 2.75) is 57.2 Å². The van der Waals surface area contributed by atoms with Crippen LogP contribution in [0.2, 0.25) is 0 Å². The zero-order chi connectivity index (χ0) is 29.5. The molecule has 0 radical (unpaired) electrons. The Morgan fingerprint density at radius 2 is 0.629 bits per heavy atom.